The smallest absolute Gasteiger partial charge is 0.412 e. The standard InChI is InChI=1S/C15H25NO7/c1-6-15(7-2)22-11-10(8-21-9(3)17)16(14(18)20-5)13(19-4)12(11)23-15/h10-13H,6-8H2,1-5H3/t10-,11-,12-,13+/m1/s1. The first-order chi connectivity index (χ1) is 10.9. The molecule has 4 atom stereocenters. The van der Waals surface area contributed by atoms with E-state index in [1.54, 1.807) is 0 Å². The molecule has 2 heterocycles. The fraction of sp³-hybridized carbons (Fsp3) is 0.867. The molecule has 132 valence electrons. The molecular weight excluding hydrogens is 306 g/mol. The van der Waals surface area contributed by atoms with Crippen LogP contribution in [0.1, 0.15) is 33.6 Å². The van der Waals surface area contributed by atoms with Crippen molar-refractivity contribution < 1.29 is 33.3 Å². The number of hydrogen-bond acceptors (Lipinski definition) is 7. The number of fused-ring (bicyclic) bond motifs is 1. The number of likely N-dealkylation sites (tertiary alicyclic amines) is 1. The fourth-order valence-corrected chi connectivity index (χ4v) is 3.23. The van der Waals surface area contributed by atoms with Gasteiger partial charge in [0.1, 0.15) is 24.9 Å². The first-order valence-electron chi connectivity index (χ1n) is 7.81. The van der Waals surface area contributed by atoms with E-state index in [4.69, 9.17) is 23.7 Å². The molecule has 0 aliphatic carbocycles. The van der Waals surface area contributed by atoms with Crippen molar-refractivity contribution >= 4 is 12.1 Å². The van der Waals surface area contributed by atoms with Crippen molar-refractivity contribution in [1.29, 1.82) is 0 Å². The zero-order valence-electron chi connectivity index (χ0n) is 14.2. The minimum Gasteiger partial charge on any atom is -0.464 e. The van der Waals surface area contributed by atoms with Gasteiger partial charge in [0, 0.05) is 14.0 Å². The van der Waals surface area contributed by atoms with Gasteiger partial charge < -0.3 is 23.7 Å². The Morgan fingerprint density at radius 1 is 1.13 bits per heavy atom. The molecule has 0 unspecified atom stereocenters. The summed E-state index contributed by atoms with van der Waals surface area (Å²) < 4.78 is 27.6. The SMILES string of the molecule is CCC1(CC)O[C@@H]2[C@H](O1)[C@@H](COC(C)=O)N(C(=O)OC)[C@H]2OC. The molecule has 0 aromatic heterocycles. The average Bonchev–Trinajstić information content (AvgIpc) is 3.05. The molecule has 0 aromatic carbocycles. The van der Waals surface area contributed by atoms with Crippen LogP contribution in [0.25, 0.3) is 0 Å². The highest BCUT2D eigenvalue weighted by Gasteiger charge is 2.61. The molecule has 8 nitrogen and oxygen atoms in total. The summed E-state index contributed by atoms with van der Waals surface area (Å²) in [5.74, 6) is -1.13. The highest BCUT2D eigenvalue weighted by Crippen LogP contribution is 2.44. The van der Waals surface area contributed by atoms with E-state index in [2.05, 4.69) is 0 Å². The normalized spacial score (nSPS) is 31.8. The van der Waals surface area contributed by atoms with Crippen molar-refractivity contribution in [2.24, 2.45) is 0 Å². The second-order valence-corrected chi connectivity index (χ2v) is 5.66. The molecule has 2 fully saturated rings. The molecule has 2 rings (SSSR count). The van der Waals surface area contributed by atoms with Gasteiger partial charge in [0.05, 0.1) is 7.11 Å². The fourth-order valence-electron chi connectivity index (χ4n) is 3.23. The predicted molar refractivity (Wildman–Crippen MR) is 78.5 cm³/mol. The quantitative estimate of drug-likeness (QED) is 0.702. The molecule has 0 radical (unpaired) electrons. The van der Waals surface area contributed by atoms with Crippen LogP contribution in [0, 0.1) is 0 Å². The third-order valence-electron chi connectivity index (χ3n) is 4.48. The lowest BCUT2D eigenvalue weighted by atomic mass is 10.1. The zero-order chi connectivity index (χ0) is 17.2. The third-order valence-corrected chi connectivity index (χ3v) is 4.48. The highest BCUT2D eigenvalue weighted by atomic mass is 16.8. The van der Waals surface area contributed by atoms with E-state index >= 15 is 0 Å². The Balaban J connectivity index is 2.29. The largest absolute Gasteiger partial charge is 0.464 e. The first kappa shape index (κ1) is 18.0. The summed E-state index contributed by atoms with van der Waals surface area (Å²) in [4.78, 5) is 24.7. The Kier molecular flexibility index (Phi) is 5.49. The molecule has 2 aliphatic rings. The van der Waals surface area contributed by atoms with Gasteiger partial charge in [0.25, 0.3) is 0 Å². The van der Waals surface area contributed by atoms with Crippen LogP contribution in [-0.4, -0.2) is 68.1 Å². The Bertz CT molecular complexity index is 451. The van der Waals surface area contributed by atoms with Crippen molar-refractivity contribution in [3.05, 3.63) is 0 Å². The van der Waals surface area contributed by atoms with Gasteiger partial charge >= 0.3 is 12.1 Å². The number of rotatable bonds is 5. The molecule has 0 aromatic rings. The summed E-state index contributed by atoms with van der Waals surface area (Å²) in [6.45, 7) is 5.27. The summed E-state index contributed by atoms with van der Waals surface area (Å²) in [5.41, 5.74) is 0. The molecule has 0 spiro atoms. The van der Waals surface area contributed by atoms with Gasteiger partial charge in [-0.25, -0.2) is 4.79 Å². The number of carbonyl (C=O) groups is 2. The van der Waals surface area contributed by atoms with Crippen LogP contribution in [-0.2, 0) is 28.5 Å². The lowest BCUT2D eigenvalue weighted by Crippen LogP contribution is -2.49. The molecule has 0 saturated carbocycles. The molecule has 2 aliphatic heterocycles. The van der Waals surface area contributed by atoms with Crippen molar-refractivity contribution in [3.8, 4) is 0 Å². The molecule has 0 N–H and O–H groups in total. The van der Waals surface area contributed by atoms with E-state index in [0.29, 0.717) is 12.8 Å². The minimum atomic E-state index is -0.706. The van der Waals surface area contributed by atoms with E-state index in [0.717, 1.165) is 0 Å². The van der Waals surface area contributed by atoms with Crippen molar-refractivity contribution in [1.82, 2.24) is 4.90 Å². The molecule has 1 amide bonds. The maximum absolute atomic E-state index is 12.1. The number of methoxy groups -OCH3 is 2. The number of ether oxygens (including phenoxy) is 5. The molecule has 2 saturated heterocycles. The van der Waals surface area contributed by atoms with E-state index in [9.17, 15) is 9.59 Å². The lowest BCUT2D eigenvalue weighted by Gasteiger charge is -2.34. The van der Waals surface area contributed by atoms with Crippen molar-refractivity contribution in [2.45, 2.75) is 63.9 Å². The van der Waals surface area contributed by atoms with Crippen LogP contribution in [0.15, 0.2) is 0 Å². The maximum Gasteiger partial charge on any atom is 0.412 e. The molecular formula is C15H25NO7. The van der Waals surface area contributed by atoms with Gasteiger partial charge in [-0.05, 0) is 12.8 Å². The van der Waals surface area contributed by atoms with Gasteiger partial charge in [0.15, 0.2) is 12.0 Å². The Morgan fingerprint density at radius 2 is 1.74 bits per heavy atom. The Hall–Kier alpha value is -1.38. The van der Waals surface area contributed by atoms with Crippen molar-refractivity contribution in [3.63, 3.8) is 0 Å². The molecule has 23 heavy (non-hydrogen) atoms. The summed E-state index contributed by atoms with van der Waals surface area (Å²) in [7, 11) is 2.78. The van der Waals surface area contributed by atoms with Crippen LogP contribution >= 0.6 is 0 Å². The lowest BCUT2D eigenvalue weighted by molar-refractivity contribution is -0.213. The Labute approximate surface area is 135 Å². The van der Waals surface area contributed by atoms with Crippen LogP contribution < -0.4 is 0 Å². The Morgan fingerprint density at radius 3 is 2.22 bits per heavy atom. The van der Waals surface area contributed by atoms with E-state index in [1.807, 2.05) is 13.8 Å². The second kappa shape index (κ2) is 7.02. The second-order valence-electron chi connectivity index (χ2n) is 5.66. The van der Waals surface area contributed by atoms with Gasteiger partial charge in [-0.1, -0.05) is 13.8 Å². The van der Waals surface area contributed by atoms with Crippen LogP contribution in [0.4, 0.5) is 4.79 Å². The average molecular weight is 331 g/mol. The van der Waals surface area contributed by atoms with Gasteiger partial charge in [-0.3, -0.25) is 9.69 Å². The summed E-state index contributed by atoms with van der Waals surface area (Å²) >= 11 is 0. The maximum atomic E-state index is 12.1. The van der Waals surface area contributed by atoms with Crippen molar-refractivity contribution in [2.75, 3.05) is 20.8 Å². The highest BCUT2D eigenvalue weighted by molar-refractivity contribution is 5.69. The summed E-state index contributed by atoms with van der Waals surface area (Å²) in [5, 5.41) is 0. The predicted octanol–water partition coefficient (Wildman–Crippen LogP) is 1.27. The van der Waals surface area contributed by atoms with Gasteiger partial charge in [0.2, 0.25) is 0 Å². The topological polar surface area (TPSA) is 83.5 Å². The summed E-state index contributed by atoms with van der Waals surface area (Å²) in [6, 6.07) is -0.527. The number of nitrogens with zero attached hydrogens (tertiary/aromatic N) is 1. The number of esters is 1. The van der Waals surface area contributed by atoms with E-state index in [-0.39, 0.29) is 6.61 Å². The zero-order valence-corrected chi connectivity index (χ0v) is 14.2. The van der Waals surface area contributed by atoms with Gasteiger partial charge in [-0.15, -0.1) is 0 Å². The van der Waals surface area contributed by atoms with Gasteiger partial charge in [-0.2, -0.15) is 0 Å². The van der Waals surface area contributed by atoms with E-state index < -0.39 is 42.3 Å². The number of hydrogen-bond donors (Lipinski definition) is 0. The van der Waals surface area contributed by atoms with Crippen LogP contribution in [0.5, 0.6) is 0 Å². The molecule has 0 bridgehead atoms. The third kappa shape index (κ3) is 3.15. The number of amides is 1. The summed E-state index contributed by atoms with van der Waals surface area (Å²) in [6.07, 6.45) is -0.795. The van der Waals surface area contributed by atoms with Crippen LogP contribution in [0.2, 0.25) is 0 Å². The van der Waals surface area contributed by atoms with Crippen LogP contribution in [0.3, 0.4) is 0 Å². The van der Waals surface area contributed by atoms with E-state index in [1.165, 1.54) is 26.0 Å². The monoisotopic (exact) mass is 331 g/mol. The number of carbonyl (C=O) groups excluding carboxylic acids is 2. The minimum absolute atomic E-state index is 0.00166. The first-order valence-corrected chi connectivity index (χ1v) is 7.81. The molecule has 8 heteroatoms.